The number of thioether (sulfide) groups is 1. The summed E-state index contributed by atoms with van der Waals surface area (Å²) in [6.45, 7) is 0. The average molecular weight is 551 g/mol. The minimum absolute atomic E-state index is 0.0799. The number of nitrogens with one attached hydrogen (secondary N) is 1. The summed E-state index contributed by atoms with van der Waals surface area (Å²) < 4.78 is 5.90. The van der Waals surface area contributed by atoms with Crippen LogP contribution in [0.25, 0.3) is 0 Å². The largest absolute Gasteiger partial charge is 0.462 e. The maximum Gasteiger partial charge on any atom is 0.308 e. The highest BCUT2D eigenvalue weighted by Gasteiger charge is 2.41. The Hall–Kier alpha value is -3.74. The Morgan fingerprint density at radius 1 is 0.775 bits per heavy atom. The van der Waals surface area contributed by atoms with E-state index in [1.807, 2.05) is 66.7 Å². The first-order chi connectivity index (χ1) is 19.6. The fraction of sp³-hybridized carbons (Fsp3) is 0.265. The number of nitrogens with zero attached hydrogens (tertiary/aromatic N) is 1. The lowest BCUT2D eigenvalue weighted by Gasteiger charge is -2.39. The third-order valence-electron chi connectivity index (χ3n) is 7.36. The van der Waals surface area contributed by atoms with E-state index in [2.05, 4.69) is 46.7 Å². The molecule has 204 valence electrons. The number of aromatic nitrogens is 1. The van der Waals surface area contributed by atoms with Crippen molar-refractivity contribution in [3.05, 3.63) is 132 Å². The van der Waals surface area contributed by atoms with Gasteiger partial charge in [0.15, 0.2) is 0 Å². The van der Waals surface area contributed by atoms with Gasteiger partial charge < -0.3 is 4.74 Å². The van der Waals surface area contributed by atoms with E-state index in [1.54, 1.807) is 12.3 Å². The van der Waals surface area contributed by atoms with Crippen molar-refractivity contribution >= 4 is 22.8 Å². The number of hydrogen-bond donors (Lipinski definition) is 1. The molecule has 0 bridgehead atoms. The average Bonchev–Trinajstić information content (AvgIpc) is 3.01. The first-order valence-electron chi connectivity index (χ1n) is 13.9. The third-order valence-corrected chi connectivity index (χ3v) is 8.30. The molecule has 1 fully saturated rings. The SMILES string of the molecule is O=C(C[C@H](NC(c1ccccc1)(c1ccccc1)c1ccccc1)C(=O)Sc1ccccn1)OC1CCCCC1. The molecular formula is C34H34N2O3S. The Bertz CT molecular complexity index is 1270. The van der Waals surface area contributed by atoms with E-state index >= 15 is 0 Å². The van der Waals surface area contributed by atoms with Crippen molar-refractivity contribution in [2.75, 3.05) is 0 Å². The molecule has 0 spiro atoms. The van der Waals surface area contributed by atoms with Gasteiger partial charge in [0.1, 0.15) is 11.1 Å². The molecule has 5 rings (SSSR count). The van der Waals surface area contributed by atoms with Crippen molar-refractivity contribution in [3.8, 4) is 0 Å². The number of esters is 1. The van der Waals surface area contributed by atoms with E-state index in [-0.39, 0.29) is 23.6 Å². The van der Waals surface area contributed by atoms with Gasteiger partial charge in [-0.3, -0.25) is 14.9 Å². The number of carbonyl (C=O) groups is 2. The Balaban J connectivity index is 1.56. The molecular weight excluding hydrogens is 516 g/mol. The smallest absolute Gasteiger partial charge is 0.308 e. The van der Waals surface area contributed by atoms with E-state index in [0.29, 0.717) is 5.03 Å². The van der Waals surface area contributed by atoms with Gasteiger partial charge in [-0.1, -0.05) is 103 Å². The molecule has 0 radical (unpaired) electrons. The Labute approximate surface area is 240 Å². The number of ether oxygens (including phenoxy) is 1. The minimum atomic E-state index is -0.903. The molecule has 40 heavy (non-hydrogen) atoms. The number of rotatable bonds is 10. The van der Waals surface area contributed by atoms with Crippen LogP contribution in [0, 0.1) is 0 Å². The molecule has 0 saturated heterocycles. The van der Waals surface area contributed by atoms with E-state index < -0.39 is 11.6 Å². The summed E-state index contributed by atoms with van der Waals surface area (Å²) in [4.78, 5) is 31.6. The zero-order valence-corrected chi connectivity index (χ0v) is 23.3. The lowest BCUT2D eigenvalue weighted by molar-refractivity contribution is -0.151. The lowest BCUT2D eigenvalue weighted by Crippen LogP contribution is -2.53. The van der Waals surface area contributed by atoms with E-state index in [0.717, 1.165) is 54.1 Å². The fourth-order valence-electron chi connectivity index (χ4n) is 5.43. The lowest BCUT2D eigenvalue weighted by atomic mass is 9.76. The fourth-order valence-corrected chi connectivity index (χ4v) is 6.19. The summed E-state index contributed by atoms with van der Waals surface area (Å²) in [5.74, 6) is -0.359. The van der Waals surface area contributed by atoms with Crippen LogP contribution in [0.2, 0.25) is 0 Å². The summed E-state index contributed by atoms with van der Waals surface area (Å²) in [5, 5.41) is 4.10. The molecule has 1 N–H and O–H groups in total. The van der Waals surface area contributed by atoms with Crippen molar-refractivity contribution < 1.29 is 14.3 Å². The maximum absolute atomic E-state index is 14.0. The van der Waals surface area contributed by atoms with E-state index in [1.165, 1.54) is 6.42 Å². The van der Waals surface area contributed by atoms with Gasteiger partial charge in [0.2, 0.25) is 5.12 Å². The highest BCUT2D eigenvalue weighted by atomic mass is 32.2. The van der Waals surface area contributed by atoms with Crippen molar-refractivity contribution in [1.29, 1.82) is 0 Å². The van der Waals surface area contributed by atoms with Crippen LogP contribution in [0.3, 0.4) is 0 Å². The summed E-state index contributed by atoms with van der Waals surface area (Å²) in [6, 6.07) is 34.9. The Kier molecular flexibility index (Phi) is 9.42. The molecule has 1 aliphatic carbocycles. The standard InChI is InChI=1S/C34H34N2O3S/c37-32(39-29-21-11-4-12-22-29)25-30(33(38)40-31-23-13-14-24-35-31)36-34(26-15-5-1-6-16-26,27-17-7-2-8-18-27)28-19-9-3-10-20-28/h1-3,5-10,13-20,23-24,29-30,36H,4,11-12,21-22,25H2/t30-/m0/s1. The Morgan fingerprint density at radius 3 is 1.80 bits per heavy atom. The molecule has 3 aromatic carbocycles. The zero-order chi connectivity index (χ0) is 27.6. The minimum Gasteiger partial charge on any atom is -0.462 e. The number of carbonyl (C=O) groups excluding carboxylic acids is 2. The summed E-state index contributed by atoms with van der Waals surface area (Å²) >= 11 is 1.05. The van der Waals surface area contributed by atoms with Crippen LogP contribution in [0.1, 0.15) is 55.2 Å². The topological polar surface area (TPSA) is 68.3 Å². The van der Waals surface area contributed by atoms with Crippen molar-refractivity contribution in [1.82, 2.24) is 10.3 Å². The summed E-state index contributed by atoms with van der Waals surface area (Å²) in [5.41, 5.74) is 2.00. The van der Waals surface area contributed by atoms with Crippen LogP contribution < -0.4 is 5.32 Å². The van der Waals surface area contributed by atoms with Crippen molar-refractivity contribution in [2.45, 2.75) is 61.2 Å². The molecule has 4 aromatic rings. The van der Waals surface area contributed by atoms with Gasteiger partial charge in [-0.05, 0) is 66.3 Å². The molecule has 0 unspecified atom stereocenters. The molecule has 6 heteroatoms. The van der Waals surface area contributed by atoms with Gasteiger partial charge in [0, 0.05) is 6.20 Å². The summed E-state index contributed by atoms with van der Waals surface area (Å²) in [7, 11) is 0. The van der Waals surface area contributed by atoms with Crippen LogP contribution in [0.5, 0.6) is 0 Å². The Morgan fingerprint density at radius 2 is 1.30 bits per heavy atom. The van der Waals surface area contributed by atoms with Gasteiger partial charge in [0.25, 0.3) is 0 Å². The molecule has 1 aliphatic rings. The highest BCUT2D eigenvalue weighted by molar-refractivity contribution is 8.13. The van der Waals surface area contributed by atoms with Crippen LogP contribution >= 0.6 is 11.8 Å². The van der Waals surface area contributed by atoms with E-state index in [4.69, 9.17) is 4.74 Å². The molecule has 0 amide bonds. The monoisotopic (exact) mass is 550 g/mol. The van der Waals surface area contributed by atoms with Crippen LogP contribution in [0.15, 0.2) is 120 Å². The first kappa shape index (κ1) is 27.8. The summed E-state index contributed by atoms with van der Waals surface area (Å²) in [6.07, 6.45) is 6.56. The molecule has 5 nitrogen and oxygen atoms in total. The van der Waals surface area contributed by atoms with Gasteiger partial charge in [-0.2, -0.15) is 0 Å². The normalized spacial score (nSPS) is 14.8. The van der Waals surface area contributed by atoms with Crippen LogP contribution in [0.4, 0.5) is 0 Å². The second-order valence-corrected chi connectivity index (χ2v) is 11.1. The predicted octanol–water partition coefficient (Wildman–Crippen LogP) is 6.92. The molecule has 1 atom stereocenters. The molecule has 0 aliphatic heterocycles. The van der Waals surface area contributed by atoms with Crippen LogP contribution in [-0.4, -0.2) is 28.2 Å². The van der Waals surface area contributed by atoms with Gasteiger partial charge in [0.05, 0.1) is 18.0 Å². The maximum atomic E-state index is 14.0. The van der Waals surface area contributed by atoms with Gasteiger partial charge >= 0.3 is 5.97 Å². The van der Waals surface area contributed by atoms with Gasteiger partial charge in [-0.15, -0.1) is 0 Å². The zero-order valence-electron chi connectivity index (χ0n) is 22.4. The van der Waals surface area contributed by atoms with Gasteiger partial charge in [-0.25, -0.2) is 4.98 Å². The third kappa shape index (κ3) is 6.69. The predicted molar refractivity (Wildman–Crippen MR) is 159 cm³/mol. The highest BCUT2D eigenvalue weighted by Crippen LogP contribution is 2.38. The van der Waals surface area contributed by atoms with Crippen molar-refractivity contribution in [2.24, 2.45) is 0 Å². The van der Waals surface area contributed by atoms with E-state index in [9.17, 15) is 9.59 Å². The molecule has 1 saturated carbocycles. The quantitative estimate of drug-likeness (QED) is 0.131. The second kappa shape index (κ2) is 13.6. The number of hydrogen-bond acceptors (Lipinski definition) is 6. The first-order valence-corrected chi connectivity index (χ1v) is 14.7. The number of pyridine rings is 1. The van der Waals surface area contributed by atoms with Crippen molar-refractivity contribution in [3.63, 3.8) is 0 Å². The number of benzene rings is 3. The van der Waals surface area contributed by atoms with Crippen LogP contribution in [-0.2, 0) is 19.9 Å². The molecule has 1 heterocycles. The second-order valence-electron chi connectivity index (χ2n) is 10.1. The molecule has 1 aromatic heterocycles.